The average Bonchev–Trinajstić information content (AvgIpc) is 3.05. The molecule has 1 aromatic heterocycles. The number of carbonyl (C=O) groups is 1. The van der Waals surface area contributed by atoms with E-state index in [9.17, 15) is 13.2 Å². The van der Waals surface area contributed by atoms with Crippen LogP contribution in [0.5, 0.6) is 0 Å². The number of hydrogen-bond donors (Lipinski definition) is 1. The van der Waals surface area contributed by atoms with Crippen LogP contribution >= 0.6 is 12.4 Å². The van der Waals surface area contributed by atoms with Crippen LogP contribution in [0.2, 0.25) is 0 Å². The molecule has 1 aromatic rings. The number of piperidine rings is 2. The zero-order chi connectivity index (χ0) is 18.7. The van der Waals surface area contributed by atoms with Gasteiger partial charge in [-0.25, -0.2) is 8.42 Å². The lowest BCUT2D eigenvalue weighted by Gasteiger charge is -2.32. The van der Waals surface area contributed by atoms with Crippen molar-refractivity contribution < 1.29 is 13.2 Å². The maximum absolute atomic E-state index is 12.9. The molecule has 0 bridgehead atoms. The lowest BCUT2D eigenvalue weighted by atomic mass is 9.96. The van der Waals surface area contributed by atoms with Gasteiger partial charge in [0.15, 0.2) is 0 Å². The van der Waals surface area contributed by atoms with Crippen molar-refractivity contribution in [3.8, 4) is 0 Å². The number of hydrogen-bond acceptors (Lipinski definition) is 4. The minimum atomic E-state index is -3.51. The molecule has 2 saturated heterocycles. The van der Waals surface area contributed by atoms with Crippen LogP contribution in [0, 0.1) is 5.92 Å². The van der Waals surface area contributed by atoms with Crippen LogP contribution in [0.3, 0.4) is 0 Å². The molecule has 0 atom stereocenters. The number of aromatic nitrogens is 1. The fourth-order valence-corrected chi connectivity index (χ4v) is 5.52. The van der Waals surface area contributed by atoms with Crippen molar-refractivity contribution in [2.75, 3.05) is 39.8 Å². The van der Waals surface area contributed by atoms with Crippen LogP contribution in [-0.4, -0.2) is 67.9 Å². The van der Waals surface area contributed by atoms with Gasteiger partial charge in [-0.15, -0.1) is 12.4 Å². The summed E-state index contributed by atoms with van der Waals surface area (Å²) in [6.45, 7) is 3.57. The molecule has 2 fully saturated rings. The molecule has 0 saturated carbocycles. The molecule has 7 nitrogen and oxygen atoms in total. The first-order valence-electron chi connectivity index (χ1n) is 9.54. The van der Waals surface area contributed by atoms with E-state index in [0.717, 1.165) is 51.7 Å². The Labute approximate surface area is 168 Å². The normalized spacial score (nSPS) is 19.7. The number of aryl methyl sites for hydroxylation is 1. The van der Waals surface area contributed by atoms with Crippen molar-refractivity contribution in [3.63, 3.8) is 0 Å². The monoisotopic (exact) mass is 418 g/mol. The minimum absolute atomic E-state index is 0. The lowest BCUT2D eigenvalue weighted by molar-refractivity contribution is 0.0681. The first kappa shape index (κ1) is 22.2. The number of sulfonamides is 1. The van der Waals surface area contributed by atoms with Crippen molar-refractivity contribution in [2.24, 2.45) is 13.0 Å². The SMILES string of the molecule is CNCC1CCN(C(=O)c2cc(S(=O)(=O)N3CCCCC3)cn2C)CC1.Cl. The van der Waals surface area contributed by atoms with Gasteiger partial charge in [-0.2, -0.15) is 4.31 Å². The molecule has 2 aliphatic rings. The third kappa shape index (κ3) is 4.85. The number of nitrogens with zero attached hydrogens (tertiary/aromatic N) is 3. The molecule has 0 aliphatic carbocycles. The number of nitrogens with one attached hydrogen (secondary N) is 1. The Morgan fingerprint density at radius 2 is 1.78 bits per heavy atom. The summed E-state index contributed by atoms with van der Waals surface area (Å²) in [7, 11) is 0.186. The predicted octanol–water partition coefficient (Wildman–Crippen LogP) is 1.69. The van der Waals surface area contributed by atoms with Gasteiger partial charge >= 0.3 is 0 Å². The highest BCUT2D eigenvalue weighted by atomic mass is 35.5. The topological polar surface area (TPSA) is 74.7 Å². The molecular formula is C18H31ClN4O3S. The van der Waals surface area contributed by atoms with E-state index in [1.165, 1.54) is 0 Å². The third-order valence-corrected chi connectivity index (χ3v) is 7.41. The Kier molecular flexibility index (Phi) is 7.73. The molecule has 3 heterocycles. The van der Waals surface area contributed by atoms with E-state index in [-0.39, 0.29) is 23.2 Å². The van der Waals surface area contributed by atoms with E-state index in [4.69, 9.17) is 0 Å². The van der Waals surface area contributed by atoms with E-state index in [0.29, 0.717) is 24.7 Å². The van der Waals surface area contributed by atoms with Crippen molar-refractivity contribution in [3.05, 3.63) is 18.0 Å². The fraction of sp³-hybridized carbons (Fsp3) is 0.722. The summed E-state index contributed by atoms with van der Waals surface area (Å²) in [6.07, 6.45) is 6.42. The summed E-state index contributed by atoms with van der Waals surface area (Å²) in [5.74, 6) is 0.531. The van der Waals surface area contributed by atoms with Crippen molar-refractivity contribution in [2.45, 2.75) is 37.0 Å². The number of carbonyl (C=O) groups excluding carboxylic acids is 1. The second-order valence-electron chi connectivity index (χ2n) is 7.43. The van der Waals surface area contributed by atoms with Gasteiger partial charge in [-0.3, -0.25) is 4.79 Å². The van der Waals surface area contributed by atoms with Crippen molar-refractivity contribution in [1.82, 2.24) is 19.1 Å². The van der Waals surface area contributed by atoms with Gasteiger partial charge in [0.05, 0.1) is 0 Å². The van der Waals surface area contributed by atoms with Gasteiger partial charge in [-0.05, 0) is 51.3 Å². The second kappa shape index (κ2) is 9.41. The summed E-state index contributed by atoms with van der Waals surface area (Å²) in [6, 6.07) is 1.55. The lowest BCUT2D eigenvalue weighted by Crippen LogP contribution is -2.41. The quantitative estimate of drug-likeness (QED) is 0.789. The van der Waals surface area contributed by atoms with Crippen LogP contribution in [0.15, 0.2) is 17.2 Å². The van der Waals surface area contributed by atoms with Crippen molar-refractivity contribution >= 4 is 28.3 Å². The highest BCUT2D eigenvalue weighted by Crippen LogP contribution is 2.24. The molecule has 1 amide bonds. The summed E-state index contributed by atoms with van der Waals surface area (Å²) >= 11 is 0. The summed E-state index contributed by atoms with van der Waals surface area (Å²) in [5, 5.41) is 3.19. The minimum Gasteiger partial charge on any atom is -0.345 e. The zero-order valence-corrected chi connectivity index (χ0v) is 17.8. The number of halogens is 1. The van der Waals surface area contributed by atoms with Crippen LogP contribution in [0.4, 0.5) is 0 Å². The predicted molar refractivity (Wildman–Crippen MR) is 108 cm³/mol. The molecular weight excluding hydrogens is 388 g/mol. The Balaban J connectivity index is 0.00000261. The van der Waals surface area contributed by atoms with Gasteiger partial charge in [0.25, 0.3) is 5.91 Å². The van der Waals surface area contributed by atoms with E-state index >= 15 is 0 Å². The van der Waals surface area contributed by atoms with E-state index in [1.807, 2.05) is 11.9 Å². The zero-order valence-electron chi connectivity index (χ0n) is 16.2. The van der Waals surface area contributed by atoms with E-state index in [1.54, 1.807) is 28.2 Å². The molecule has 3 rings (SSSR count). The summed E-state index contributed by atoms with van der Waals surface area (Å²) in [5.41, 5.74) is 0.452. The Hall–Kier alpha value is -1.09. The fourth-order valence-electron chi connectivity index (χ4n) is 3.93. The maximum Gasteiger partial charge on any atom is 0.270 e. The first-order valence-corrected chi connectivity index (χ1v) is 11.0. The summed E-state index contributed by atoms with van der Waals surface area (Å²) < 4.78 is 28.9. The molecule has 0 spiro atoms. The van der Waals surface area contributed by atoms with E-state index in [2.05, 4.69) is 5.32 Å². The Morgan fingerprint density at radius 1 is 1.15 bits per heavy atom. The number of likely N-dealkylation sites (tertiary alicyclic amines) is 1. The molecule has 0 radical (unpaired) electrons. The molecule has 9 heteroatoms. The third-order valence-electron chi connectivity index (χ3n) is 5.55. The van der Waals surface area contributed by atoms with Crippen LogP contribution < -0.4 is 5.32 Å². The second-order valence-corrected chi connectivity index (χ2v) is 9.37. The van der Waals surface area contributed by atoms with Crippen LogP contribution in [0.1, 0.15) is 42.6 Å². The van der Waals surface area contributed by atoms with Crippen LogP contribution in [-0.2, 0) is 17.1 Å². The van der Waals surface area contributed by atoms with Gasteiger partial charge in [0.2, 0.25) is 10.0 Å². The number of rotatable bonds is 5. The van der Waals surface area contributed by atoms with Crippen LogP contribution in [0.25, 0.3) is 0 Å². The highest BCUT2D eigenvalue weighted by Gasteiger charge is 2.30. The Morgan fingerprint density at radius 3 is 2.37 bits per heavy atom. The standard InChI is InChI=1S/C18H30N4O3S.ClH/c1-19-13-15-6-10-21(11-7-15)18(23)17-12-16(14-20(17)2)26(24,25)22-8-4-3-5-9-22;/h12,14-15,19H,3-11,13H2,1-2H3;1H. The van der Waals surface area contributed by atoms with Gasteiger partial charge in [0.1, 0.15) is 10.6 Å². The first-order chi connectivity index (χ1) is 12.4. The van der Waals surface area contributed by atoms with Gasteiger partial charge in [0, 0.05) is 39.4 Å². The van der Waals surface area contributed by atoms with Gasteiger partial charge < -0.3 is 14.8 Å². The Bertz CT molecular complexity index is 736. The molecule has 27 heavy (non-hydrogen) atoms. The largest absolute Gasteiger partial charge is 0.345 e. The highest BCUT2D eigenvalue weighted by molar-refractivity contribution is 7.89. The number of amides is 1. The van der Waals surface area contributed by atoms with Gasteiger partial charge in [-0.1, -0.05) is 6.42 Å². The molecule has 154 valence electrons. The summed E-state index contributed by atoms with van der Waals surface area (Å²) in [4.78, 5) is 15.0. The smallest absolute Gasteiger partial charge is 0.270 e. The molecule has 0 aromatic carbocycles. The molecule has 1 N–H and O–H groups in total. The maximum atomic E-state index is 12.9. The molecule has 0 unspecified atom stereocenters. The van der Waals surface area contributed by atoms with E-state index < -0.39 is 10.0 Å². The van der Waals surface area contributed by atoms with Crippen molar-refractivity contribution in [1.29, 1.82) is 0 Å². The average molecular weight is 419 g/mol. The molecule has 2 aliphatic heterocycles.